The third-order valence-corrected chi connectivity index (χ3v) is 3.61. The van der Waals surface area contributed by atoms with Gasteiger partial charge in [-0.3, -0.25) is 0 Å². The normalized spacial score (nSPS) is 20.6. The van der Waals surface area contributed by atoms with Crippen LogP contribution in [-0.4, -0.2) is 35.1 Å². The number of aromatic carboxylic acids is 1. The largest absolute Gasteiger partial charge is 0.478 e. The molecule has 1 fully saturated rings. The fourth-order valence-electron chi connectivity index (χ4n) is 2.54. The van der Waals surface area contributed by atoms with E-state index in [1.165, 1.54) is 12.8 Å². The number of benzene rings is 1. The van der Waals surface area contributed by atoms with Crippen LogP contribution < -0.4 is 0 Å². The van der Waals surface area contributed by atoms with Crippen LogP contribution in [0.2, 0.25) is 0 Å². The summed E-state index contributed by atoms with van der Waals surface area (Å²) in [6, 6.07) is 7.95. The summed E-state index contributed by atoms with van der Waals surface area (Å²) in [5.74, 6) is -0.824. The van der Waals surface area contributed by atoms with E-state index >= 15 is 0 Å². The van der Waals surface area contributed by atoms with Crippen LogP contribution in [0.1, 0.15) is 35.7 Å². The van der Waals surface area contributed by atoms with Gasteiger partial charge in [0, 0.05) is 12.6 Å². The van der Waals surface area contributed by atoms with E-state index in [9.17, 15) is 4.79 Å². The van der Waals surface area contributed by atoms with Crippen LogP contribution in [0.4, 0.5) is 0 Å². The average molecular weight is 233 g/mol. The number of hydrogen-bond donors (Lipinski definition) is 1. The van der Waals surface area contributed by atoms with Gasteiger partial charge < -0.3 is 10.0 Å². The lowest BCUT2D eigenvalue weighted by atomic mass is 10.0. The Kier molecular flexibility index (Phi) is 3.79. The predicted octanol–water partition coefficient (Wildman–Crippen LogP) is 2.41. The zero-order valence-corrected chi connectivity index (χ0v) is 10.2. The van der Waals surface area contributed by atoms with Crippen molar-refractivity contribution in [3.63, 3.8) is 0 Å². The number of carboxylic acid groups (broad SMARTS) is 1. The zero-order valence-electron chi connectivity index (χ0n) is 10.2. The lowest BCUT2D eigenvalue weighted by Gasteiger charge is -2.21. The fourth-order valence-corrected chi connectivity index (χ4v) is 2.54. The number of likely N-dealkylation sites (tertiary alicyclic amines) is 1. The van der Waals surface area contributed by atoms with Crippen LogP contribution in [0, 0.1) is 0 Å². The summed E-state index contributed by atoms with van der Waals surface area (Å²) in [7, 11) is 0. The molecule has 1 atom stereocenters. The van der Waals surface area contributed by atoms with Crippen LogP contribution in [0.15, 0.2) is 24.3 Å². The minimum atomic E-state index is -0.824. The molecule has 92 valence electrons. The molecule has 1 aliphatic heterocycles. The summed E-state index contributed by atoms with van der Waals surface area (Å²) in [6.07, 6.45) is 3.36. The van der Waals surface area contributed by atoms with Gasteiger partial charge in [0.2, 0.25) is 0 Å². The monoisotopic (exact) mass is 233 g/mol. The molecule has 0 saturated carbocycles. The van der Waals surface area contributed by atoms with Crippen LogP contribution in [-0.2, 0) is 6.42 Å². The van der Waals surface area contributed by atoms with Crippen LogP contribution in [0.5, 0.6) is 0 Å². The maximum atomic E-state index is 11.1. The van der Waals surface area contributed by atoms with Gasteiger partial charge in [0.05, 0.1) is 5.56 Å². The van der Waals surface area contributed by atoms with Crippen molar-refractivity contribution in [2.24, 2.45) is 0 Å². The van der Waals surface area contributed by atoms with E-state index in [2.05, 4.69) is 11.8 Å². The Morgan fingerprint density at radius 3 is 2.88 bits per heavy atom. The van der Waals surface area contributed by atoms with Crippen LogP contribution in [0.3, 0.4) is 0 Å². The molecule has 0 bridgehead atoms. The molecule has 1 heterocycles. The Bertz CT molecular complexity index is 403. The maximum Gasteiger partial charge on any atom is 0.335 e. The second-order valence-corrected chi connectivity index (χ2v) is 4.74. The Morgan fingerprint density at radius 2 is 2.24 bits per heavy atom. The molecule has 3 heteroatoms. The molecule has 1 aromatic carbocycles. The van der Waals surface area contributed by atoms with Gasteiger partial charge in [-0.05, 0) is 44.4 Å². The Balaban J connectivity index is 2.01. The molecule has 1 aliphatic rings. The van der Waals surface area contributed by atoms with Crippen molar-refractivity contribution in [2.45, 2.75) is 32.2 Å². The molecule has 3 nitrogen and oxygen atoms in total. The molecule has 2 rings (SSSR count). The lowest BCUT2D eigenvalue weighted by molar-refractivity contribution is 0.0695. The van der Waals surface area contributed by atoms with Gasteiger partial charge in [-0.1, -0.05) is 18.2 Å². The third kappa shape index (κ3) is 2.86. The highest BCUT2D eigenvalue weighted by atomic mass is 16.4. The van der Waals surface area contributed by atoms with Crippen molar-refractivity contribution in [3.05, 3.63) is 35.4 Å². The highest BCUT2D eigenvalue weighted by molar-refractivity contribution is 5.89. The van der Waals surface area contributed by atoms with Crippen LogP contribution in [0.25, 0.3) is 0 Å². The van der Waals surface area contributed by atoms with Crippen LogP contribution >= 0.6 is 0 Å². The first kappa shape index (κ1) is 12.1. The molecular formula is C14H19NO2. The van der Waals surface area contributed by atoms with Gasteiger partial charge in [0.15, 0.2) is 0 Å². The molecule has 17 heavy (non-hydrogen) atoms. The van der Waals surface area contributed by atoms with E-state index < -0.39 is 5.97 Å². The highest BCUT2D eigenvalue weighted by Crippen LogP contribution is 2.17. The van der Waals surface area contributed by atoms with E-state index in [-0.39, 0.29) is 0 Å². The average Bonchev–Trinajstić information content (AvgIpc) is 2.72. The van der Waals surface area contributed by atoms with Gasteiger partial charge in [-0.25, -0.2) is 4.79 Å². The molecular weight excluding hydrogens is 214 g/mol. The number of carboxylic acids is 1. The molecule has 1 aromatic rings. The number of nitrogens with zero attached hydrogens (tertiary/aromatic N) is 1. The summed E-state index contributed by atoms with van der Waals surface area (Å²) >= 11 is 0. The zero-order chi connectivity index (χ0) is 12.3. The van der Waals surface area contributed by atoms with Crippen molar-refractivity contribution in [1.29, 1.82) is 0 Å². The van der Waals surface area contributed by atoms with Gasteiger partial charge in [0.1, 0.15) is 0 Å². The Hall–Kier alpha value is -1.35. The SMILES string of the molecule is CC1CCCN1CCc1ccccc1C(=O)O. The first-order valence-electron chi connectivity index (χ1n) is 6.23. The van der Waals surface area contributed by atoms with Gasteiger partial charge in [-0.15, -0.1) is 0 Å². The number of rotatable bonds is 4. The summed E-state index contributed by atoms with van der Waals surface area (Å²) in [5.41, 5.74) is 1.39. The maximum absolute atomic E-state index is 11.1. The van der Waals surface area contributed by atoms with Crippen molar-refractivity contribution in [3.8, 4) is 0 Å². The van der Waals surface area contributed by atoms with Crippen molar-refractivity contribution >= 4 is 5.97 Å². The van der Waals surface area contributed by atoms with E-state index in [1.807, 2.05) is 12.1 Å². The summed E-state index contributed by atoms with van der Waals surface area (Å²) in [4.78, 5) is 13.5. The first-order valence-corrected chi connectivity index (χ1v) is 6.23. The topological polar surface area (TPSA) is 40.5 Å². The van der Waals surface area contributed by atoms with E-state index in [1.54, 1.807) is 12.1 Å². The number of carbonyl (C=O) groups is 1. The van der Waals surface area contributed by atoms with Gasteiger partial charge in [0.25, 0.3) is 0 Å². The lowest BCUT2D eigenvalue weighted by Crippen LogP contribution is -2.29. The second-order valence-electron chi connectivity index (χ2n) is 4.74. The van der Waals surface area contributed by atoms with E-state index in [0.717, 1.165) is 25.1 Å². The Labute approximate surface area is 102 Å². The second kappa shape index (κ2) is 5.32. The van der Waals surface area contributed by atoms with Crippen molar-refractivity contribution < 1.29 is 9.90 Å². The van der Waals surface area contributed by atoms with E-state index in [0.29, 0.717) is 11.6 Å². The highest BCUT2D eigenvalue weighted by Gasteiger charge is 2.20. The molecule has 1 saturated heterocycles. The number of hydrogen-bond acceptors (Lipinski definition) is 2. The molecule has 0 radical (unpaired) electrons. The standard InChI is InChI=1S/C14H19NO2/c1-11-5-4-9-15(11)10-8-12-6-2-3-7-13(12)14(16)17/h2-3,6-7,11H,4-5,8-10H2,1H3,(H,16,17). The minimum Gasteiger partial charge on any atom is -0.478 e. The molecule has 0 aromatic heterocycles. The molecule has 0 amide bonds. The molecule has 1 unspecified atom stereocenters. The molecule has 1 N–H and O–H groups in total. The summed E-state index contributed by atoms with van der Waals surface area (Å²) < 4.78 is 0. The summed E-state index contributed by atoms with van der Waals surface area (Å²) in [5, 5.41) is 9.10. The van der Waals surface area contributed by atoms with E-state index in [4.69, 9.17) is 5.11 Å². The smallest absolute Gasteiger partial charge is 0.335 e. The minimum absolute atomic E-state index is 0.444. The first-order chi connectivity index (χ1) is 8.18. The fraction of sp³-hybridized carbons (Fsp3) is 0.500. The predicted molar refractivity (Wildman–Crippen MR) is 67.4 cm³/mol. The third-order valence-electron chi connectivity index (χ3n) is 3.61. The van der Waals surface area contributed by atoms with Gasteiger partial charge >= 0.3 is 5.97 Å². The summed E-state index contributed by atoms with van der Waals surface area (Å²) in [6.45, 7) is 4.36. The van der Waals surface area contributed by atoms with Crippen molar-refractivity contribution in [1.82, 2.24) is 4.90 Å². The molecule has 0 aliphatic carbocycles. The Morgan fingerprint density at radius 1 is 1.47 bits per heavy atom. The van der Waals surface area contributed by atoms with Crippen molar-refractivity contribution in [2.75, 3.05) is 13.1 Å². The molecule has 0 spiro atoms. The van der Waals surface area contributed by atoms with Gasteiger partial charge in [-0.2, -0.15) is 0 Å². The quantitative estimate of drug-likeness (QED) is 0.868.